The summed E-state index contributed by atoms with van der Waals surface area (Å²) < 4.78 is 79.5. The maximum atomic E-state index is 13.5. The monoisotopic (exact) mass is 556 g/mol. The first-order valence-electron chi connectivity index (χ1n) is 13.2. The minimum absolute atomic E-state index is 0.0456. The van der Waals surface area contributed by atoms with Crippen molar-refractivity contribution in [1.29, 1.82) is 0 Å². The fraction of sp³-hybridized carbons (Fsp3) is 0.552. The van der Waals surface area contributed by atoms with E-state index in [1.807, 2.05) is 18.2 Å². The fourth-order valence-corrected chi connectivity index (χ4v) is 6.17. The minimum atomic E-state index is -4.97. The quantitative estimate of drug-likeness (QED) is 0.398. The lowest BCUT2D eigenvalue weighted by Gasteiger charge is -2.41. The molecule has 1 aliphatic carbocycles. The van der Waals surface area contributed by atoms with Crippen molar-refractivity contribution in [3.8, 4) is 0 Å². The number of halogens is 6. The molecule has 2 aliphatic rings. The van der Waals surface area contributed by atoms with Crippen LogP contribution in [-0.2, 0) is 23.7 Å². The molecule has 1 amide bonds. The van der Waals surface area contributed by atoms with Crippen molar-refractivity contribution >= 4 is 5.91 Å². The van der Waals surface area contributed by atoms with E-state index >= 15 is 0 Å². The van der Waals surface area contributed by atoms with Crippen molar-refractivity contribution in [3.05, 3.63) is 70.8 Å². The molecule has 1 heterocycles. The summed E-state index contributed by atoms with van der Waals surface area (Å²) in [6, 6.07) is 11.6. The first kappa shape index (κ1) is 29.4. The minimum Gasteiger partial charge on any atom is -0.389 e. The fourth-order valence-electron chi connectivity index (χ4n) is 6.17. The highest BCUT2D eigenvalue weighted by molar-refractivity contribution is 5.84. The van der Waals surface area contributed by atoms with Gasteiger partial charge in [-0.1, -0.05) is 30.3 Å². The van der Waals surface area contributed by atoms with Crippen molar-refractivity contribution in [2.75, 3.05) is 13.1 Å². The number of likely N-dealkylation sites (tertiary alicyclic amines) is 1. The molecule has 2 aromatic rings. The molecule has 2 atom stereocenters. The molecule has 2 unspecified atom stereocenters. The molecule has 2 aromatic carbocycles. The molecule has 39 heavy (non-hydrogen) atoms. The number of hydrogen-bond acceptors (Lipinski definition) is 3. The van der Waals surface area contributed by atoms with E-state index in [9.17, 15) is 36.2 Å². The SMILES string of the molecule is CC(C)(O)C1(C(=O)NCc2cc(C(F)(F)F)cc(C(F)(F)F)c2)CCC(N2CCC(c3ccccc3)CC2)C1. The van der Waals surface area contributed by atoms with E-state index in [0.717, 1.165) is 25.9 Å². The lowest BCUT2D eigenvalue weighted by Crippen LogP contribution is -2.53. The largest absolute Gasteiger partial charge is 0.416 e. The summed E-state index contributed by atoms with van der Waals surface area (Å²) >= 11 is 0. The summed E-state index contributed by atoms with van der Waals surface area (Å²) in [7, 11) is 0. The van der Waals surface area contributed by atoms with Crippen LogP contribution in [0.25, 0.3) is 0 Å². The molecule has 0 aromatic heterocycles. The number of aliphatic hydroxyl groups is 1. The highest BCUT2D eigenvalue weighted by Gasteiger charge is 2.55. The zero-order chi connectivity index (χ0) is 28.6. The number of nitrogens with one attached hydrogen (secondary N) is 1. The van der Waals surface area contributed by atoms with Gasteiger partial charge < -0.3 is 15.3 Å². The van der Waals surface area contributed by atoms with Crippen molar-refractivity contribution in [2.24, 2.45) is 5.41 Å². The van der Waals surface area contributed by atoms with Gasteiger partial charge in [0.05, 0.1) is 22.1 Å². The third-order valence-electron chi connectivity index (χ3n) is 8.51. The first-order valence-corrected chi connectivity index (χ1v) is 13.2. The zero-order valence-electron chi connectivity index (χ0n) is 22.0. The van der Waals surface area contributed by atoms with Gasteiger partial charge >= 0.3 is 12.4 Å². The highest BCUT2D eigenvalue weighted by atomic mass is 19.4. The van der Waals surface area contributed by atoms with Crippen molar-refractivity contribution in [1.82, 2.24) is 10.2 Å². The Hall–Kier alpha value is -2.59. The van der Waals surface area contributed by atoms with Gasteiger partial charge in [-0.3, -0.25) is 4.79 Å². The second kappa shape index (κ2) is 10.8. The second-order valence-electron chi connectivity index (χ2n) is 11.4. The van der Waals surface area contributed by atoms with Crippen molar-refractivity contribution in [2.45, 2.75) is 82.4 Å². The van der Waals surface area contributed by atoms with Gasteiger partial charge in [-0.25, -0.2) is 0 Å². The Morgan fingerprint density at radius 3 is 2.03 bits per heavy atom. The molecule has 4 rings (SSSR count). The van der Waals surface area contributed by atoms with Gasteiger partial charge in [-0.15, -0.1) is 0 Å². The number of amides is 1. The number of rotatable bonds is 6. The topological polar surface area (TPSA) is 52.6 Å². The summed E-state index contributed by atoms with van der Waals surface area (Å²) in [6.07, 6.45) is -6.62. The molecule has 10 heteroatoms. The number of carbonyl (C=O) groups excluding carboxylic acids is 1. The molecule has 1 saturated heterocycles. The van der Waals surface area contributed by atoms with Gasteiger partial charge in [0.25, 0.3) is 0 Å². The molecule has 4 nitrogen and oxygen atoms in total. The maximum Gasteiger partial charge on any atom is 0.416 e. The summed E-state index contributed by atoms with van der Waals surface area (Å²) in [5.74, 6) is -0.108. The number of nitrogens with zero attached hydrogens (tertiary/aromatic N) is 1. The van der Waals surface area contributed by atoms with E-state index in [1.165, 1.54) is 19.4 Å². The summed E-state index contributed by atoms with van der Waals surface area (Å²) in [4.78, 5) is 15.8. The Bertz CT molecular complexity index is 1120. The smallest absolute Gasteiger partial charge is 0.389 e. The van der Waals surface area contributed by atoms with Gasteiger partial charge in [0, 0.05) is 12.6 Å². The number of alkyl halides is 6. The summed E-state index contributed by atoms with van der Waals surface area (Å²) in [5, 5.41) is 13.6. The molecule has 0 radical (unpaired) electrons. The highest BCUT2D eigenvalue weighted by Crippen LogP contribution is 2.49. The average Bonchev–Trinajstić information content (AvgIpc) is 3.34. The molecular weight excluding hydrogens is 522 g/mol. The van der Waals surface area contributed by atoms with Crippen LogP contribution in [0, 0.1) is 5.41 Å². The maximum absolute atomic E-state index is 13.5. The molecule has 2 fully saturated rings. The van der Waals surface area contributed by atoms with Crippen LogP contribution in [-0.4, -0.2) is 40.6 Å². The van der Waals surface area contributed by atoms with E-state index in [0.29, 0.717) is 37.3 Å². The van der Waals surface area contributed by atoms with Crippen LogP contribution in [0.2, 0.25) is 0 Å². The van der Waals surface area contributed by atoms with Crippen LogP contribution in [0.3, 0.4) is 0 Å². The lowest BCUT2D eigenvalue weighted by atomic mass is 9.71. The van der Waals surface area contributed by atoms with Crippen LogP contribution in [0.4, 0.5) is 26.3 Å². The third kappa shape index (κ3) is 6.43. The second-order valence-corrected chi connectivity index (χ2v) is 11.4. The van der Waals surface area contributed by atoms with Gasteiger partial charge in [-0.05, 0) is 94.3 Å². The van der Waals surface area contributed by atoms with Crippen molar-refractivity contribution < 1.29 is 36.2 Å². The predicted molar refractivity (Wildman–Crippen MR) is 135 cm³/mol. The number of carbonyl (C=O) groups is 1. The van der Waals surface area contributed by atoms with Gasteiger partial charge in [0.2, 0.25) is 5.91 Å². The van der Waals surface area contributed by atoms with Crippen LogP contribution in [0.5, 0.6) is 0 Å². The number of piperidine rings is 1. The summed E-state index contributed by atoms with van der Waals surface area (Å²) in [6.45, 7) is 4.23. The normalized spacial score (nSPS) is 23.7. The molecular formula is C29H34F6N2O2. The molecule has 0 spiro atoms. The van der Waals surface area contributed by atoms with E-state index in [2.05, 4.69) is 22.3 Å². The predicted octanol–water partition coefficient (Wildman–Crippen LogP) is 6.53. The van der Waals surface area contributed by atoms with E-state index in [1.54, 1.807) is 0 Å². The third-order valence-corrected chi connectivity index (χ3v) is 8.51. The Morgan fingerprint density at radius 2 is 1.51 bits per heavy atom. The zero-order valence-corrected chi connectivity index (χ0v) is 22.0. The molecule has 2 N–H and O–H groups in total. The van der Waals surface area contributed by atoms with Gasteiger partial charge in [0.1, 0.15) is 0 Å². The van der Waals surface area contributed by atoms with Crippen LogP contribution >= 0.6 is 0 Å². The average molecular weight is 557 g/mol. The van der Waals surface area contributed by atoms with E-state index < -0.39 is 46.9 Å². The molecule has 214 valence electrons. The van der Waals surface area contributed by atoms with E-state index in [-0.39, 0.29) is 17.7 Å². The van der Waals surface area contributed by atoms with Gasteiger partial charge in [0.15, 0.2) is 0 Å². The Morgan fingerprint density at radius 1 is 0.949 bits per heavy atom. The molecule has 1 aliphatic heterocycles. The Kier molecular flexibility index (Phi) is 8.11. The lowest BCUT2D eigenvalue weighted by molar-refractivity contribution is -0.147. The number of hydrogen-bond donors (Lipinski definition) is 2. The van der Waals surface area contributed by atoms with Crippen LogP contribution in [0.15, 0.2) is 48.5 Å². The van der Waals surface area contributed by atoms with E-state index in [4.69, 9.17) is 0 Å². The van der Waals surface area contributed by atoms with Gasteiger partial charge in [-0.2, -0.15) is 26.3 Å². The Labute approximate surface area is 224 Å². The molecule has 0 bridgehead atoms. The first-order chi connectivity index (χ1) is 18.1. The summed E-state index contributed by atoms with van der Waals surface area (Å²) in [5.41, 5.74) is -4.54. The molecule has 1 saturated carbocycles. The van der Waals surface area contributed by atoms with Crippen LogP contribution < -0.4 is 5.32 Å². The van der Waals surface area contributed by atoms with Crippen LogP contribution in [0.1, 0.15) is 74.1 Å². The number of benzene rings is 2. The standard InChI is InChI=1S/C29H34F6N2O2/c1-26(2,39)27(11-8-24(17-27)37-12-9-21(10-13-37)20-6-4-3-5-7-20)25(38)36-18-19-14-22(28(30,31)32)16-23(15-19)29(33,34)35/h3-7,14-16,21,24,39H,8-13,17-18H2,1-2H3,(H,36,38). The van der Waals surface area contributed by atoms with Crippen molar-refractivity contribution in [3.63, 3.8) is 0 Å². The Balaban J connectivity index is 1.46.